The van der Waals surface area contributed by atoms with E-state index in [9.17, 15) is 22.7 Å². The average molecular weight is 475 g/mol. The maximum absolute atomic E-state index is 13.8. The first-order valence-corrected chi connectivity index (χ1v) is 11.3. The standard InChI is InChI=1S/C23H23FN2O6S/c1-31-21-11-7-15(13-17(21)24)8-12-23(28)25-19-14-16(9-10-20(19)27)33(29,30)26-18-5-3-4-6-22(18)32-2/h3-7,9-11,13-14,26-27H,8,12H2,1-2H3,(H,25,28). The highest BCUT2D eigenvalue weighted by Crippen LogP contribution is 2.30. The number of anilines is 2. The van der Waals surface area contributed by atoms with E-state index in [4.69, 9.17) is 9.47 Å². The van der Waals surface area contributed by atoms with Crippen molar-refractivity contribution >= 4 is 27.3 Å². The van der Waals surface area contributed by atoms with Crippen LogP contribution in [-0.4, -0.2) is 33.7 Å². The molecule has 3 rings (SSSR count). The fraction of sp³-hybridized carbons (Fsp3) is 0.174. The lowest BCUT2D eigenvalue weighted by atomic mass is 10.1. The smallest absolute Gasteiger partial charge is 0.262 e. The van der Waals surface area contributed by atoms with Gasteiger partial charge in [-0.15, -0.1) is 0 Å². The fourth-order valence-corrected chi connectivity index (χ4v) is 4.15. The Labute approximate surface area is 191 Å². The first-order chi connectivity index (χ1) is 15.7. The number of rotatable bonds is 9. The molecular weight excluding hydrogens is 451 g/mol. The third-order valence-corrected chi connectivity index (χ3v) is 6.12. The van der Waals surface area contributed by atoms with Crippen LogP contribution in [-0.2, 0) is 21.2 Å². The van der Waals surface area contributed by atoms with Crippen molar-refractivity contribution < 1.29 is 32.2 Å². The topological polar surface area (TPSA) is 114 Å². The van der Waals surface area contributed by atoms with Crippen LogP contribution in [0.1, 0.15) is 12.0 Å². The summed E-state index contributed by atoms with van der Waals surface area (Å²) < 4.78 is 51.9. The number of hydrogen-bond donors (Lipinski definition) is 3. The van der Waals surface area contributed by atoms with Gasteiger partial charge in [-0.3, -0.25) is 9.52 Å². The Kier molecular flexibility index (Phi) is 7.39. The predicted octanol–water partition coefficient (Wildman–Crippen LogP) is 3.92. The van der Waals surface area contributed by atoms with Gasteiger partial charge >= 0.3 is 0 Å². The van der Waals surface area contributed by atoms with Gasteiger partial charge in [-0.05, 0) is 54.4 Å². The largest absolute Gasteiger partial charge is 0.506 e. The lowest BCUT2D eigenvalue weighted by Gasteiger charge is -2.13. The SMILES string of the molecule is COc1ccc(CCC(=O)Nc2cc(S(=O)(=O)Nc3ccccc3OC)ccc2O)cc1F. The number of ether oxygens (including phenoxy) is 2. The van der Waals surface area contributed by atoms with E-state index in [1.54, 1.807) is 30.3 Å². The molecular formula is C23H23FN2O6S. The molecule has 3 aromatic carbocycles. The molecule has 3 aromatic rings. The zero-order chi connectivity index (χ0) is 24.0. The molecule has 3 N–H and O–H groups in total. The number of carbonyl (C=O) groups excluding carboxylic acids is 1. The normalized spacial score (nSPS) is 11.0. The van der Waals surface area contributed by atoms with E-state index in [1.165, 1.54) is 38.5 Å². The summed E-state index contributed by atoms with van der Waals surface area (Å²) in [5.74, 6) is -0.867. The zero-order valence-corrected chi connectivity index (χ0v) is 18.8. The van der Waals surface area contributed by atoms with Gasteiger partial charge in [-0.2, -0.15) is 0 Å². The molecule has 0 fully saturated rings. The van der Waals surface area contributed by atoms with Crippen molar-refractivity contribution in [2.45, 2.75) is 17.7 Å². The van der Waals surface area contributed by atoms with E-state index in [0.29, 0.717) is 11.3 Å². The number of sulfonamides is 1. The number of nitrogens with one attached hydrogen (secondary N) is 2. The lowest BCUT2D eigenvalue weighted by molar-refractivity contribution is -0.116. The zero-order valence-electron chi connectivity index (χ0n) is 18.0. The molecule has 0 saturated heterocycles. The molecule has 8 nitrogen and oxygen atoms in total. The van der Waals surface area contributed by atoms with Gasteiger partial charge < -0.3 is 19.9 Å². The first kappa shape index (κ1) is 23.9. The predicted molar refractivity (Wildman–Crippen MR) is 122 cm³/mol. The van der Waals surface area contributed by atoms with Crippen molar-refractivity contribution in [2.24, 2.45) is 0 Å². The Morgan fingerprint density at radius 2 is 1.70 bits per heavy atom. The van der Waals surface area contributed by atoms with E-state index in [0.717, 1.165) is 6.07 Å². The van der Waals surface area contributed by atoms with Crippen molar-refractivity contribution in [2.75, 3.05) is 24.3 Å². The summed E-state index contributed by atoms with van der Waals surface area (Å²) in [4.78, 5) is 12.2. The Bertz CT molecular complexity index is 1260. The number of aromatic hydroxyl groups is 1. The maximum Gasteiger partial charge on any atom is 0.262 e. The summed E-state index contributed by atoms with van der Waals surface area (Å²) in [6.45, 7) is 0. The highest BCUT2D eigenvalue weighted by atomic mass is 32.2. The number of phenolic OH excluding ortho intramolecular Hbond substituents is 1. The maximum atomic E-state index is 13.8. The van der Waals surface area contributed by atoms with E-state index < -0.39 is 21.7 Å². The molecule has 1 amide bonds. The molecule has 0 unspecified atom stereocenters. The fourth-order valence-electron chi connectivity index (χ4n) is 3.05. The van der Waals surface area contributed by atoms with Crippen molar-refractivity contribution in [3.8, 4) is 17.2 Å². The molecule has 0 radical (unpaired) electrons. The van der Waals surface area contributed by atoms with Crippen molar-refractivity contribution in [1.29, 1.82) is 0 Å². The van der Waals surface area contributed by atoms with Crippen LogP contribution in [0.2, 0.25) is 0 Å². The van der Waals surface area contributed by atoms with Gasteiger partial charge in [0.05, 0.1) is 30.5 Å². The number of aryl methyl sites for hydroxylation is 1. The summed E-state index contributed by atoms with van der Waals surface area (Å²) in [5, 5.41) is 12.6. The minimum Gasteiger partial charge on any atom is -0.506 e. The Balaban J connectivity index is 1.71. The summed E-state index contributed by atoms with van der Waals surface area (Å²) in [5.41, 5.74) is 0.763. The van der Waals surface area contributed by atoms with Gasteiger partial charge in [0.2, 0.25) is 5.91 Å². The Hall–Kier alpha value is -3.79. The molecule has 174 valence electrons. The Morgan fingerprint density at radius 3 is 2.39 bits per heavy atom. The summed E-state index contributed by atoms with van der Waals surface area (Å²) in [7, 11) is -1.26. The number of benzene rings is 3. The highest BCUT2D eigenvalue weighted by Gasteiger charge is 2.19. The molecule has 33 heavy (non-hydrogen) atoms. The highest BCUT2D eigenvalue weighted by molar-refractivity contribution is 7.92. The second kappa shape index (κ2) is 10.2. The van der Waals surface area contributed by atoms with Crippen LogP contribution in [0.4, 0.5) is 15.8 Å². The molecule has 0 aliphatic heterocycles. The molecule has 0 aliphatic rings. The molecule has 0 bridgehead atoms. The van der Waals surface area contributed by atoms with E-state index in [1.807, 2.05) is 0 Å². The number of para-hydroxylation sites is 2. The van der Waals surface area contributed by atoms with Gasteiger partial charge in [-0.25, -0.2) is 12.8 Å². The van der Waals surface area contributed by atoms with Gasteiger partial charge in [0.25, 0.3) is 10.0 Å². The summed E-state index contributed by atoms with van der Waals surface area (Å²) in [6, 6.07) is 14.4. The van der Waals surface area contributed by atoms with Crippen LogP contribution in [0.25, 0.3) is 0 Å². The van der Waals surface area contributed by atoms with Crippen molar-refractivity contribution in [1.82, 2.24) is 0 Å². The number of amides is 1. The Morgan fingerprint density at radius 1 is 0.970 bits per heavy atom. The second-order valence-corrected chi connectivity index (χ2v) is 8.68. The van der Waals surface area contributed by atoms with Crippen LogP contribution < -0.4 is 19.5 Å². The average Bonchev–Trinajstić information content (AvgIpc) is 2.79. The summed E-state index contributed by atoms with van der Waals surface area (Å²) >= 11 is 0. The monoisotopic (exact) mass is 474 g/mol. The third kappa shape index (κ3) is 5.92. The molecule has 0 heterocycles. The van der Waals surface area contributed by atoms with Crippen LogP contribution >= 0.6 is 0 Å². The van der Waals surface area contributed by atoms with Gasteiger partial charge in [0.1, 0.15) is 11.5 Å². The number of methoxy groups -OCH3 is 2. The quantitative estimate of drug-likeness (QED) is 0.405. The molecule has 10 heteroatoms. The van der Waals surface area contributed by atoms with Crippen LogP contribution in [0.15, 0.2) is 65.6 Å². The van der Waals surface area contributed by atoms with Crippen LogP contribution in [0.5, 0.6) is 17.2 Å². The summed E-state index contributed by atoms with van der Waals surface area (Å²) in [6.07, 6.45) is 0.225. The van der Waals surface area contributed by atoms with Gasteiger partial charge in [-0.1, -0.05) is 18.2 Å². The number of hydrogen-bond acceptors (Lipinski definition) is 6. The minimum absolute atomic E-state index is 0.0123. The molecule has 0 spiro atoms. The first-order valence-electron chi connectivity index (χ1n) is 9.84. The van der Waals surface area contributed by atoms with Gasteiger partial charge in [0, 0.05) is 6.42 Å². The van der Waals surface area contributed by atoms with E-state index in [-0.39, 0.29) is 40.6 Å². The lowest BCUT2D eigenvalue weighted by Crippen LogP contribution is -2.16. The van der Waals surface area contributed by atoms with E-state index in [2.05, 4.69) is 10.0 Å². The van der Waals surface area contributed by atoms with Crippen molar-refractivity contribution in [3.05, 3.63) is 72.0 Å². The van der Waals surface area contributed by atoms with Crippen LogP contribution in [0, 0.1) is 5.82 Å². The molecule has 0 saturated carbocycles. The third-order valence-electron chi connectivity index (χ3n) is 4.76. The second-order valence-electron chi connectivity index (χ2n) is 7.00. The number of halogens is 1. The van der Waals surface area contributed by atoms with Gasteiger partial charge in [0.15, 0.2) is 11.6 Å². The molecule has 0 atom stereocenters. The van der Waals surface area contributed by atoms with Crippen LogP contribution in [0.3, 0.4) is 0 Å². The number of carbonyl (C=O) groups is 1. The van der Waals surface area contributed by atoms with E-state index >= 15 is 0 Å². The molecule has 0 aromatic heterocycles. The minimum atomic E-state index is -4.03. The van der Waals surface area contributed by atoms with Crippen molar-refractivity contribution in [3.63, 3.8) is 0 Å². The number of phenols is 1. The molecule has 0 aliphatic carbocycles.